The van der Waals surface area contributed by atoms with Crippen molar-refractivity contribution >= 4 is 5.65 Å². The third kappa shape index (κ3) is 1.68. The summed E-state index contributed by atoms with van der Waals surface area (Å²) in [6, 6.07) is 6.48. The molecule has 0 aromatic carbocycles. The Morgan fingerprint density at radius 3 is 2.88 bits per heavy atom. The fourth-order valence-corrected chi connectivity index (χ4v) is 2.33. The number of aromatic nitrogens is 2. The van der Waals surface area contributed by atoms with Crippen LogP contribution in [0.3, 0.4) is 0 Å². The van der Waals surface area contributed by atoms with Gasteiger partial charge in [-0.3, -0.25) is 9.59 Å². The summed E-state index contributed by atoms with van der Waals surface area (Å²) in [4.78, 5) is 26.6. The maximum Gasteiger partial charge on any atom is 0.260 e. The first-order valence-electron chi connectivity index (χ1n) is 5.74. The van der Waals surface area contributed by atoms with Crippen molar-refractivity contribution < 1.29 is 0 Å². The number of rotatable bonds is 1. The highest BCUT2D eigenvalue weighted by Gasteiger charge is 2.17. The fraction of sp³-hybridized carbons (Fsp3) is 0.333. The molecule has 3 heterocycles. The van der Waals surface area contributed by atoms with E-state index in [9.17, 15) is 9.59 Å². The summed E-state index contributed by atoms with van der Waals surface area (Å²) in [5.74, 6) is 0. The summed E-state index contributed by atoms with van der Waals surface area (Å²) in [6.45, 7) is 0.972. The molecule has 1 atom stereocenters. The Hall–Kier alpha value is -1.88. The number of nitrogens with one attached hydrogen (secondary N) is 2. The third-order valence-electron chi connectivity index (χ3n) is 3.16. The minimum Gasteiger partial charge on any atom is -0.343 e. The predicted octanol–water partition coefficient (Wildman–Crippen LogP) is 0.412. The van der Waals surface area contributed by atoms with Crippen LogP contribution in [0.4, 0.5) is 0 Å². The van der Waals surface area contributed by atoms with Gasteiger partial charge in [0.15, 0.2) is 0 Å². The lowest BCUT2D eigenvalue weighted by molar-refractivity contribution is 0.625. The van der Waals surface area contributed by atoms with Crippen molar-refractivity contribution in [3.05, 3.63) is 50.7 Å². The van der Waals surface area contributed by atoms with Crippen molar-refractivity contribution in [2.45, 2.75) is 18.9 Å². The Kier molecular flexibility index (Phi) is 2.33. The number of nitrogens with zero attached hydrogens (tertiary/aromatic N) is 1. The van der Waals surface area contributed by atoms with Gasteiger partial charge in [-0.2, -0.15) is 0 Å². The molecule has 88 valence electrons. The standard InChI is InChI=1S/C12H13N3O2/c16-11-5-1-4-10-14-9(7-12(17)15(10)11)8-3-2-6-13-8/h1,4-5,7-8,13-14H,2-3,6H2. The Bertz CT molecular complexity index is 665. The molecule has 1 unspecified atom stereocenters. The monoisotopic (exact) mass is 231 g/mol. The zero-order chi connectivity index (χ0) is 11.8. The molecule has 0 amide bonds. The van der Waals surface area contributed by atoms with E-state index in [0.717, 1.165) is 29.5 Å². The van der Waals surface area contributed by atoms with Gasteiger partial charge in [0.2, 0.25) is 0 Å². The van der Waals surface area contributed by atoms with Crippen LogP contribution in [0.25, 0.3) is 5.65 Å². The van der Waals surface area contributed by atoms with Gasteiger partial charge in [0.05, 0.1) is 0 Å². The summed E-state index contributed by atoms with van der Waals surface area (Å²) in [7, 11) is 0. The number of hydrogen-bond acceptors (Lipinski definition) is 3. The molecule has 1 saturated heterocycles. The van der Waals surface area contributed by atoms with Gasteiger partial charge < -0.3 is 10.3 Å². The van der Waals surface area contributed by atoms with Crippen LogP contribution in [-0.2, 0) is 0 Å². The lowest BCUT2D eigenvalue weighted by Gasteiger charge is -2.11. The summed E-state index contributed by atoms with van der Waals surface area (Å²) in [5, 5.41) is 3.32. The highest BCUT2D eigenvalue weighted by atomic mass is 16.2. The second-order valence-corrected chi connectivity index (χ2v) is 4.30. The molecule has 0 radical (unpaired) electrons. The molecular formula is C12H13N3O2. The van der Waals surface area contributed by atoms with Crippen LogP contribution < -0.4 is 16.4 Å². The number of aromatic amines is 1. The lowest BCUT2D eigenvalue weighted by Crippen LogP contribution is -2.28. The van der Waals surface area contributed by atoms with E-state index >= 15 is 0 Å². The van der Waals surface area contributed by atoms with Crippen molar-refractivity contribution in [2.24, 2.45) is 0 Å². The quantitative estimate of drug-likeness (QED) is 0.747. The molecule has 3 rings (SSSR count). The summed E-state index contributed by atoms with van der Waals surface area (Å²) in [5.41, 5.74) is 0.842. The van der Waals surface area contributed by atoms with E-state index in [4.69, 9.17) is 0 Å². The van der Waals surface area contributed by atoms with Gasteiger partial charge in [0.25, 0.3) is 11.1 Å². The first-order valence-corrected chi connectivity index (χ1v) is 5.74. The van der Waals surface area contributed by atoms with Gasteiger partial charge in [0, 0.05) is 23.9 Å². The number of H-pyrrole nitrogens is 1. The average molecular weight is 231 g/mol. The van der Waals surface area contributed by atoms with Gasteiger partial charge in [-0.1, -0.05) is 6.07 Å². The fourth-order valence-electron chi connectivity index (χ4n) is 2.33. The molecule has 5 heteroatoms. The molecule has 0 spiro atoms. The molecule has 1 fully saturated rings. The van der Waals surface area contributed by atoms with Gasteiger partial charge in [-0.05, 0) is 25.5 Å². The SMILES string of the molecule is O=c1cccc2[nH]c(C3CCCN3)cc(=O)n12. The van der Waals surface area contributed by atoms with Crippen LogP contribution in [0, 0.1) is 0 Å². The maximum absolute atomic E-state index is 11.9. The van der Waals surface area contributed by atoms with Gasteiger partial charge >= 0.3 is 0 Å². The van der Waals surface area contributed by atoms with E-state index in [2.05, 4.69) is 10.3 Å². The van der Waals surface area contributed by atoms with Crippen molar-refractivity contribution in [3.63, 3.8) is 0 Å². The minimum absolute atomic E-state index is 0.197. The molecular weight excluding hydrogens is 218 g/mol. The molecule has 5 nitrogen and oxygen atoms in total. The van der Waals surface area contributed by atoms with Crippen LogP contribution in [0.1, 0.15) is 24.6 Å². The molecule has 0 aliphatic carbocycles. The van der Waals surface area contributed by atoms with Crippen molar-refractivity contribution in [1.29, 1.82) is 0 Å². The highest BCUT2D eigenvalue weighted by molar-refractivity contribution is 5.38. The van der Waals surface area contributed by atoms with Gasteiger partial charge in [-0.25, -0.2) is 4.40 Å². The highest BCUT2D eigenvalue weighted by Crippen LogP contribution is 2.20. The zero-order valence-corrected chi connectivity index (χ0v) is 9.27. The van der Waals surface area contributed by atoms with Crippen molar-refractivity contribution in [1.82, 2.24) is 14.7 Å². The zero-order valence-electron chi connectivity index (χ0n) is 9.27. The molecule has 2 aromatic heterocycles. The first-order chi connectivity index (χ1) is 8.25. The molecule has 2 N–H and O–H groups in total. The smallest absolute Gasteiger partial charge is 0.260 e. The van der Waals surface area contributed by atoms with E-state index in [1.54, 1.807) is 12.1 Å². The van der Waals surface area contributed by atoms with E-state index < -0.39 is 0 Å². The topological polar surface area (TPSA) is 66.4 Å². The molecule has 0 bridgehead atoms. The second-order valence-electron chi connectivity index (χ2n) is 4.30. The Balaban J connectivity index is 2.24. The van der Waals surface area contributed by atoms with Crippen LogP contribution in [0.5, 0.6) is 0 Å². The molecule has 2 aromatic rings. The minimum atomic E-state index is -0.297. The van der Waals surface area contributed by atoms with Crippen LogP contribution in [0.2, 0.25) is 0 Å². The summed E-state index contributed by atoms with van der Waals surface area (Å²) in [6.07, 6.45) is 2.13. The van der Waals surface area contributed by atoms with Crippen LogP contribution in [-0.4, -0.2) is 15.9 Å². The van der Waals surface area contributed by atoms with Crippen LogP contribution in [0.15, 0.2) is 33.9 Å². The number of fused-ring (bicyclic) bond motifs is 1. The maximum atomic E-state index is 11.9. The molecule has 1 aliphatic heterocycles. The Morgan fingerprint density at radius 2 is 2.12 bits per heavy atom. The van der Waals surface area contributed by atoms with Crippen molar-refractivity contribution in [2.75, 3.05) is 6.54 Å². The average Bonchev–Trinajstić information content (AvgIpc) is 2.81. The van der Waals surface area contributed by atoms with Gasteiger partial charge in [-0.15, -0.1) is 0 Å². The van der Waals surface area contributed by atoms with E-state index in [0.29, 0.717) is 5.65 Å². The summed E-state index contributed by atoms with van der Waals surface area (Å²) < 4.78 is 1.15. The lowest BCUT2D eigenvalue weighted by atomic mass is 10.1. The van der Waals surface area contributed by atoms with E-state index in [1.165, 1.54) is 12.1 Å². The van der Waals surface area contributed by atoms with Crippen molar-refractivity contribution in [3.8, 4) is 0 Å². The van der Waals surface area contributed by atoms with E-state index in [1.807, 2.05) is 0 Å². The normalized spacial score (nSPS) is 19.9. The molecule has 0 saturated carbocycles. The molecule has 17 heavy (non-hydrogen) atoms. The predicted molar refractivity (Wildman–Crippen MR) is 64.3 cm³/mol. The van der Waals surface area contributed by atoms with E-state index in [-0.39, 0.29) is 17.2 Å². The summed E-state index contributed by atoms with van der Waals surface area (Å²) >= 11 is 0. The van der Waals surface area contributed by atoms with Gasteiger partial charge in [0.1, 0.15) is 5.65 Å². The van der Waals surface area contributed by atoms with Crippen LogP contribution >= 0.6 is 0 Å². The second kappa shape index (κ2) is 3.85. The third-order valence-corrected chi connectivity index (χ3v) is 3.16. The first kappa shape index (κ1) is 10.3. The Morgan fingerprint density at radius 1 is 1.24 bits per heavy atom. The number of pyridine rings is 1. The Labute approximate surface area is 97.1 Å². The largest absolute Gasteiger partial charge is 0.343 e. The number of hydrogen-bond donors (Lipinski definition) is 2. The molecule has 1 aliphatic rings.